The lowest BCUT2D eigenvalue weighted by Crippen LogP contribution is -2.08. The lowest BCUT2D eigenvalue weighted by molar-refractivity contribution is -0.138. The van der Waals surface area contributed by atoms with Crippen molar-refractivity contribution in [2.75, 3.05) is 12.8 Å². The van der Waals surface area contributed by atoms with Crippen molar-refractivity contribution < 1.29 is 27.4 Å². The van der Waals surface area contributed by atoms with Crippen LogP contribution in [0, 0.1) is 0 Å². The Morgan fingerprint density at radius 2 is 1.82 bits per heavy atom. The molecule has 0 saturated heterocycles. The van der Waals surface area contributed by atoms with Gasteiger partial charge in [-0.05, 0) is 30.3 Å². The highest BCUT2D eigenvalue weighted by Gasteiger charge is 2.34. The van der Waals surface area contributed by atoms with Crippen molar-refractivity contribution in [1.82, 2.24) is 0 Å². The van der Waals surface area contributed by atoms with Gasteiger partial charge in [0.15, 0.2) is 0 Å². The molecular weight excluding hydrogens is 299 g/mol. The van der Waals surface area contributed by atoms with Gasteiger partial charge in [-0.3, -0.25) is 0 Å². The molecule has 0 saturated carbocycles. The molecule has 0 aliphatic carbocycles. The molecule has 0 aliphatic rings. The van der Waals surface area contributed by atoms with Crippen molar-refractivity contribution in [2.45, 2.75) is 6.18 Å². The quantitative estimate of drug-likeness (QED) is 0.690. The third-order valence-electron chi connectivity index (χ3n) is 2.85. The molecule has 0 heterocycles. The van der Waals surface area contributed by atoms with Crippen LogP contribution in [0.2, 0.25) is 0 Å². The van der Waals surface area contributed by atoms with Crippen LogP contribution < -0.4 is 10.5 Å². The Morgan fingerprint density at radius 3 is 2.45 bits per heavy atom. The smallest absolute Gasteiger partial charge is 0.419 e. The summed E-state index contributed by atoms with van der Waals surface area (Å²) in [7, 11) is 1.17. The number of alkyl halides is 3. The molecule has 7 heteroatoms. The summed E-state index contributed by atoms with van der Waals surface area (Å²) in [5.74, 6) is -1.02. The summed E-state index contributed by atoms with van der Waals surface area (Å²) < 4.78 is 48.5. The molecule has 0 unspecified atom stereocenters. The molecule has 0 atom stereocenters. The number of halogens is 3. The van der Waals surface area contributed by atoms with E-state index in [9.17, 15) is 18.0 Å². The van der Waals surface area contributed by atoms with E-state index in [0.29, 0.717) is 0 Å². The average Bonchev–Trinajstić information content (AvgIpc) is 2.48. The number of methoxy groups -OCH3 is 1. The fourth-order valence-corrected chi connectivity index (χ4v) is 1.80. The van der Waals surface area contributed by atoms with Crippen molar-refractivity contribution in [2.24, 2.45) is 0 Å². The molecule has 0 spiro atoms. The monoisotopic (exact) mass is 311 g/mol. The van der Waals surface area contributed by atoms with Gasteiger partial charge in [-0.25, -0.2) is 4.79 Å². The normalized spacial score (nSPS) is 11.1. The second kappa shape index (κ2) is 5.97. The molecule has 4 nitrogen and oxygen atoms in total. The Balaban J connectivity index is 2.39. The van der Waals surface area contributed by atoms with Crippen molar-refractivity contribution in [1.29, 1.82) is 0 Å². The molecular formula is C15H12F3NO3. The number of carbonyl (C=O) groups excluding carboxylic acids is 1. The Bertz CT molecular complexity index is 699. The summed E-state index contributed by atoms with van der Waals surface area (Å²) in [4.78, 5) is 11.5. The van der Waals surface area contributed by atoms with Crippen LogP contribution in [-0.2, 0) is 10.9 Å². The number of benzene rings is 2. The van der Waals surface area contributed by atoms with Gasteiger partial charge >= 0.3 is 12.1 Å². The summed E-state index contributed by atoms with van der Waals surface area (Å²) in [6, 6.07) is 8.74. The predicted octanol–water partition coefficient (Wildman–Crippen LogP) is 3.87. The van der Waals surface area contributed by atoms with Gasteiger partial charge in [-0.1, -0.05) is 12.1 Å². The van der Waals surface area contributed by atoms with Gasteiger partial charge < -0.3 is 15.2 Å². The SMILES string of the molecule is COC(=O)c1cc(Oc2ccccc2C(F)(F)F)ccc1N. The first-order valence-electron chi connectivity index (χ1n) is 6.15. The number of carbonyl (C=O) groups is 1. The summed E-state index contributed by atoms with van der Waals surface area (Å²) >= 11 is 0. The molecule has 2 aromatic rings. The van der Waals surface area contributed by atoms with Gasteiger partial charge in [0.05, 0.1) is 18.2 Å². The molecule has 0 radical (unpaired) electrons. The van der Waals surface area contributed by atoms with E-state index in [1.165, 1.54) is 43.5 Å². The highest BCUT2D eigenvalue weighted by molar-refractivity contribution is 5.95. The van der Waals surface area contributed by atoms with E-state index in [1.807, 2.05) is 0 Å². The van der Waals surface area contributed by atoms with Crippen LogP contribution in [0.4, 0.5) is 18.9 Å². The maximum atomic E-state index is 12.9. The zero-order chi connectivity index (χ0) is 16.3. The minimum Gasteiger partial charge on any atom is -0.465 e. The third kappa shape index (κ3) is 3.30. The Kier molecular flexibility index (Phi) is 4.25. The highest BCUT2D eigenvalue weighted by Crippen LogP contribution is 2.38. The number of hydrogen-bond donors (Lipinski definition) is 1. The number of para-hydroxylation sites is 1. The second-order valence-electron chi connectivity index (χ2n) is 4.34. The molecule has 116 valence electrons. The molecule has 0 aromatic heterocycles. The lowest BCUT2D eigenvalue weighted by Gasteiger charge is -2.14. The van der Waals surface area contributed by atoms with E-state index in [1.54, 1.807) is 0 Å². The number of nitrogens with two attached hydrogens (primary N) is 1. The number of anilines is 1. The van der Waals surface area contributed by atoms with Crippen LogP contribution in [0.3, 0.4) is 0 Å². The molecule has 0 fully saturated rings. The van der Waals surface area contributed by atoms with E-state index in [4.69, 9.17) is 10.5 Å². The first-order valence-corrected chi connectivity index (χ1v) is 6.15. The Labute approximate surface area is 124 Å². The number of hydrogen-bond acceptors (Lipinski definition) is 4. The minimum atomic E-state index is -4.55. The first kappa shape index (κ1) is 15.7. The molecule has 2 N–H and O–H groups in total. The highest BCUT2D eigenvalue weighted by atomic mass is 19.4. The average molecular weight is 311 g/mol. The molecule has 0 aliphatic heterocycles. The standard InChI is InChI=1S/C15H12F3NO3/c1-21-14(20)10-8-9(6-7-12(10)19)22-13-5-3-2-4-11(13)15(16,17)18/h2-8H,19H2,1H3. The maximum absolute atomic E-state index is 12.9. The van der Waals surface area contributed by atoms with Gasteiger partial charge in [0.2, 0.25) is 0 Å². The van der Waals surface area contributed by atoms with Crippen LogP contribution in [0.15, 0.2) is 42.5 Å². The van der Waals surface area contributed by atoms with Crippen molar-refractivity contribution >= 4 is 11.7 Å². The Morgan fingerprint density at radius 1 is 1.14 bits per heavy atom. The van der Waals surface area contributed by atoms with E-state index in [-0.39, 0.29) is 22.7 Å². The Hall–Kier alpha value is -2.70. The number of esters is 1. The summed E-state index contributed by atoms with van der Waals surface area (Å²) in [6.45, 7) is 0. The molecule has 0 bridgehead atoms. The fourth-order valence-electron chi connectivity index (χ4n) is 1.80. The lowest BCUT2D eigenvalue weighted by atomic mass is 10.1. The van der Waals surface area contributed by atoms with Gasteiger partial charge in [0.1, 0.15) is 11.5 Å². The largest absolute Gasteiger partial charge is 0.465 e. The predicted molar refractivity (Wildman–Crippen MR) is 73.7 cm³/mol. The number of ether oxygens (including phenoxy) is 2. The first-order chi connectivity index (χ1) is 10.3. The van der Waals surface area contributed by atoms with Crippen molar-refractivity contribution in [3.05, 3.63) is 53.6 Å². The van der Waals surface area contributed by atoms with Gasteiger partial charge in [-0.15, -0.1) is 0 Å². The zero-order valence-corrected chi connectivity index (χ0v) is 11.5. The molecule has 22 heavy (non-hydrogen) atoms. The van der Waals surface area contributed by atoms with E-state index in [2.05, 4.69) is 4.74 Å². The third-order valence-corrected chi connectivity index (χ3v) is 2.85. The molecule has 2 aromatic carbocycles. The van der Waals surface area contributed by atoms with Crippen LogP contribution in [0.25, 0.3) is 0 Å². The summed E-state index contributed by atoms with van der Waals surface area (Å²) in [5, 5.41) is 0. The van der Waals surface area contributed by atoms with Crippen LogP contribution in [0.5, 0.6) is 11.5 Å². The van der Waals surface area contributed by atoms with Crippen molar-refractivity contribution in [3.8, 4) is 11.5 Å². The van der Waals surface area contributed by atoms with E-state index >= 15 is 0 Å². The maximum Gasteiger partial charge on any atom is 0.419 e. The number of rotatable bonds is 3. The van der Waals surface area contributed by atoms with Gasteiger partial charge in [-0.2, -0.15) is 13.2 Å². The van der Waals surface area contributed by atoms with Crippen LogP contribution in [-0.4, -0.2) is 13.1 Å². The zero-order valence-electron chi connectivity index (χ0n) is 11.5. The van der Waals surface area contributed by atoms with Gasteiger partial charge in [0, 0.05) is 5.69 Å². The fraction of sp³-hybridized carbons (Fsp3) is 0.133. The summed E-state index contributed by atoms with van der Waals surface area (Å²) in [6.07, 6.45) is -4.55. The second-order valence-corrected chi connectivity index (χ2v) is 4.34. The van der Waals surface area contributed by atoms with E-state index in [0.717, 1.165) is 6.07 Å². The van der Waals surface area contributed by atoms with Crippen molar-refractivity contribution in [3.63, 3.8) is 0 Å². The molecule has 0 amide bonds. The van der Waals surface area contributed by atoms with Crippen LogP contribution in [0.1, 0.15) is 15.9 Å². The minimum absolute atomic E-state index is 0.0180. The number of nitrogen functional groups attached to an aromatic ring is 1. The van der Waals surface area contributed by atoms with Crippen LogP contribution >= 0.6 is 0 Å². The van der Waals surface area contributed by atoms with E-state index < -0.39 is 17.7 Å². The topological polar surface area (TPSA) is 61.5 Å². The summed E-state index contributed by atoms with van der Waals surface area (Å²) in [5.41, 5.74) is 4.87. The molecule has 2 rings (SSSR count). The van der Waals surface area contributed by atoms with Gasteiger partial charge in [0.25, 0.3) is 0 Å².